The van der Waals surface area contributed by atoms with E-state index in [2.05, 4.69) is 21.0 Å². The molecule has 0 saturated heterocycles. The predicted molar refractivity (Wildman–Crippen MR) is 128 cm³/mol. The van der Waals surface area contributed by atoms with E-state index in [1.165, 1.54) is 4.31 Å². The number of unbranched alkanes of at least 4 members (excludes halogenated alkanes) is 1. The molecule has 1 heterocycles. The van der Waals surface area contributed by atoms with Crippen LogP contribution in [0.1, 0.15) is 24.0 Å². The van der Waals surface area contributed by atoms with Gasteiger partial charge in [-0.05, 0) is 54.3 Å². The number of aryl methyl sites for hydroxylation is 1. The average molecular weight is 522 g/mol. The number of hydrogen-bond donors (Lipinski definition) is 0. The molecule has 7 nitrogen and oxygen atoms in total. The third-order valence-electron chi connectivity index (χ3n) is 5.03. The molecule has 1 aromatic heterocycles. The van der Waals surface area contributed by atoms with E-state index in [0.29, 0.717) is 6.54 Å². The minimum atomic E-state index is -3.81. The van der Waals surface area contributed by atoms with Crippen molar-refractivity contribution < 1.29 is 17.9 Å². The van der Waals surface area contributed by atoms with E-state index < -0.39 is 10.0 Å². The molecule has 0 N–H and O–H groups in total. The standard InChI is InChI=1S/C23H28BrN3O4S/c1-30-21-9-5-19(6-10-21)17-27(18-20-7-11-22(31-2)12-8-20)32(28,29)23-13-16-26(25-23)15-4-3-14-24/h5-13,16H,3-4,14-15,17-18H2,1-2H3. The Kier molecular flexibility index (Phi) is 8.72. The molecular weight excluding hydrogens is 494 g/mol. The normalized spacial score (nSPS) is 11.6. The summed E-state index contributed by atoms with van der Waals surface area (Å²) in [5, 5.41) is 5.31. The molecule has 3 aromatic rings. The average Bonchev–Trinajstić information content (AvgIpc) is 3.30. The van der Waals surface area contributed by atoms with Gasteiger partial charge < -0.3 is 9.47 Å². The van der Waals surface area contributed by atoms with Crippen molar-refractivity contribution in [2.24, 2.45) is 0 Å². The highest BCUT2D eigenvalue weighted by Crippen LogP contribution is 2.22. The SMILES string of the molecule is COc1ccc(CN(Cc2ccc(OC)cc2)S(=O)(=O)c2ccn(CCCCBr)n2)cc1. The van der Waals surface area contributed by atoms with Crippen LogP contribution in [0.2, 0.25) is 0 Å². The van der Waals surface area contributed by atoms with Gasteiger partial charge in [0.25, 0.3) is 10.0 Å². The molecule has 0 aliphatic carbocycles. The van der Waals surface area contributed by atoms with Crippen LogP contribution in [0.25, 0.3) is 0 Å². The minimum Gasteiger partial charge on any atom is -0.497 e. The Balaban J connectivity index is 1.86. The van der Waals surface area contributed by atoms with Gasteiger partial charge in [-0.25, -0.2) is 8.42 Å². The van der Waals surface area contributed by atoms with Crippen LogP contribution in [0.5, 0.6) is 11.5 Å². The smallest absolute Gasteiger partial charge is 0.262 e. The van der Waals surface area contributed by atoms with Crippen molar-refractivity contribution in [2.75, 3.05) is 19.5 Å². The van der Waals surface area contributed by atoms with Gasteiger partial charge in [-0.2, -0.15) is 9.40 Å². The van der Waals surface area contributed by atoms with Gasteiger partial charge >= 0.3 is 0 Å². The van der Waals surface area contributed by atoms with E-state index in [1.54, 1.807) is 31.2 Å². The van der Waals surface area contributed by atoms with Crippen molar-refractivity contribution >= 4 is 26.0 Å². The summed E-state index contributed by atoms with van der Waals surface area (Å²) in [4.78, 5) is 0. The van der Waals surface area contributed by atoms with Gasteiger partial charge in [0.05, 0.1) is 14.2 Å². The highest BCUT2D eigenvalue weighted by molar-refractivity contribution is 9.09. The number of sulfonamides is 1. The lowest BCUT2D eigenvalue weighted by Gasteiger charge is -2.21. The molecule has 3 rings (SSSR count). The first-order valence-corrected chi connectivity index (χ1v) is 12.9. The van der Waals surface area contributed by atoms with Gasteiger partial charge in [0.1, 0.15) is 11.5 Å². The summed E-state index contributed by atoms with van der Waals surface area (Å²) < 4.78 is 40.6. The lowest BCUT2D eigenvalue weighted by molar-refractivity contribution is 0.395. The van der Waals surface area contributed by atoms with Crippen LogP contribution in [-0.4, -0.2) is 42.1 Å². The zero-order valence-corrected chi connectivity index (χ0v) is 20.7. The molecule has 0 bridgehead atoms. The van der Waals surface area contributed by atoms with E-state index in [9.17, 15) is 8.42 Å². The fourth-order valence-electron chi connectivity index (χ4n) is 3.20. The molecule has 172 valence electrons. The molecule has 0 aliphatic rings. The monoisotopic (exact) mass is 521 g/mol. The summed E-state index contributed by atoms with van der Waals surface area (Å²) in [5.41, 5.74) is 1.72. The van der Waals surface area contributed by atoms with Crippen molar-refractivity contribution in [2.45, 2.75) is 37.5 Å². The summed E-state index contributed by atoms with van der Waals surface area (Å²) in [7, 11) is -0.607. The number of nitrogens with zero attached hydrogens (tertiary/aromatic N) is 3. The van der Waals surface area contributed by atoms with Gasteiger partial charge in [0, 0.05) is 31.2 Å². The first-order chi connectivity index (χ1) is 15.5. The van der Waals surface area contributed by atoms with Crippen LogP contribution in [0.15, 0.2) is 65.8 Å². The van der Waals surface area contributed by atoms with Crippen LogP contribution in [0.3, 0.4) is 0 Å². The van der Waals surface area contributed by atoms with Crippen LogP contribution in [0.4, 0.5) is 0 Å². The first kappa shape index (κ1) is 24.3. The van der Waals surface area contributed by atoms with Crippen LogP contribution >= 0.6 is 15.9 Å². The lowest BCUT2D eigenvalue weighted by Crippen LogP contribution is -2.30. The van der Waals surface area contributed by atoms with Gasteiger partial charge in [0.15, 0.2) is 5.03 Å². The number of rotatable bonds is 12. The number of benzene rings is 2. The Bertz CT molecular complexity index is 1030. The number of aromatic nitrogens is 2. The number of ether oxygens (including phenoxy) is 2. The highest BCUT2D eigenvalue weighted by Gasteiger charge is 2.27. The number of halogens is 1. The van der Waals surface area contributed by atoms with E-state index in [4.69, 9.17) is 9.47 Å². The van der Waals surface area contributed by atoms with Gasteiger partial charge in [-0.15, -0.1) is 0 Å². The largest absolute Gasteiger partial charge is 0.497 e. The second-order valence-corrected chi connectivity index (χ2v) is 9.96. The molecule has 0 atom stereocenters. The van der Waals surface area contributed by atoms with Crippen molar-refractivity contribution in [1.29, 1.82) is 0 Å². The Morgan fingerprint density at radius 2 is 1.41 bits per heavy atom. The molecule has 32 heavy (non-hydrogen) atoms. The fraction of sp³-hybridized carbons (Fsp3) is 0.348. The van der Waals surface area contributed by atoms with E-state index >= 15 is 0 Å². The molecule has 2 aromatic carbocycles. The van der Waals surface area contributed by atoms with Crippen LogP contribution in [0, 0.1) is 0 Å². The molecular formula is C23H28BrN3O4S. The molecule has 0 fully saturated rings. The van der Waals surface area contributed by atoms with Crippen molar-refractivity contribution in [3.63, 3.8) is 0 Å². The van der Waals surface area contributed by atoms with Crippen molar-refractivity contribution in [1.82, 2.24) is 14.1 Å². The van der Waals surface area contributed by atoms with E-state index in [-0.39, 0.29) is 18.1 Å². The molecule has 0 saturated carbocycles. The Morgan fingerprint density at radius 1 is 0.875 bits per heavy atom. The Labute approximate surface area is 198 Å². The third-order valence-corrected chi connectivity index (χ3v) is 7.27. The fourth-order valence-corrected chi connectivity index (χ4v) is 4.94. The van der Waals surface area contributed by atoms with Crippen LogP contribution < -0.4 is 9.47 Å². The minimum absolute atomic E-state index is 0.0540. The molecule has 0 radical (unpaired) electrons. The van der Waals surface area contributed by atoms with E-state index in [1.807, 2.05) is 48.5 Å². The maximum atomic E-state index is 13.5. The molecule has 0 amide bonds. The van der Waals surface area contributed by atoms with Gasteiger partial charge in [-0.1, -0.05) is 40.2 Å². The predicted octanol–water partition coefficient (Wildman–Crippen LogP) is 4.47. The summed E-state index contributed by atoms with van der Waals surface area (Å²) in [6.07, 6.45) is 3.65. The molecule has 0 spiro atoms. The van der Waals surface area contributed by atoms with Gasteiger partial charge in [-0.3, -0.25) is 4.68 Å². The highest BCUT2D eigenvalue weighted by atomic mass is 79.9. The molecule has 9 heteroatoms. The topological polar surface area (TPSA) is 73.7 Å². The number of alkyl halides is 1. The number of hydrogen-bond acceptors (Lipinski definition) is 5. The summed E-state index contributed by atoms with van der Waals surface area (Å²) >= 11 is 3.41. The van der Waals surface area contributed by atoms with Crippen LogP contribution in [-0.2, 0) is 29.7 Å². The summed E-state index contributed by atoms with van der Waals surface area (Å²) in [5.74, 6) is 1.45. The first-order valence-electron chi connectivity index (χ1n) is 10.3. The Hall–Kier alpha value is -2.36. The summed E-state index contributed by atoms with van der Waals surface area (Å²) in [6, 6.07) is 16.3. The van der Waals surface area contributed by atoms with Crippen molar-refractivity contribution in [3.8, 4) is 11.5 Å². The third kappa shape index (κ3) is 6.34. The van der Waals surface area contributed by atoms with Gasteiger partial charge in [0.2, 0.25) is 0 Å². The summed E-state index contributed by atoms with van der Waals surface area (Å²) in [6.45, 7) is 1.11. The number of methoxy groups -OCH3 is 2. The zero-order chi connectivity index (χ0) is 23.0. The van der Waals surface area contributed by atoms with Crippen molar-refractivity contribution in [3.05, 3.63) is 71.9 Å². The lowest BCUT2D eigenvalue weighted by atomic mass is 10.2. The maximum Gasteiger partial charge on any atom is 0.262 e. The molecule has 0 unspecified atom stereocenters. The second-order valence-electron chi connectivity index (χ2n) is 7.28. The second kappa shape index (κ2) is 11.5. The zero-order valence-electron chi connectivity index (χ0n) is 18.3. The maximum absolute atomic E-state index is 13.5. The quantitative estimate of drug-likeness (QED) is 0.259. The molecule has 0 aliphatic heterocycles. The van der Waals surface area contributed by atoms with E-state index in [0.717, 1.165) is 40.8 Å². The Morgan fingerprint density at radius 3 is 1.88 bits per heavy atom.